The van der Waals surface area contributed by atoms with Gasteiger partial charge in [0.05, 0.1) is 33.6 Å². The average molecular weight is 433 g/mol. The Balaban J connectivity index is 1.64. The zero-order chi connectivity index (χ0) is 22.6. The third-order valence-electron chi connectivity index (χ3n) is 4.50. The molecule has 0 aliphatic heterocycles. The Bertz CT molecular complexity index is 1110. The molecule has 1 amide bonds. The van der Waals surface area contributed by atoms with Gasteiger partial charge in [0, 0.05) is 19.2 Å². The third kappa shape index (κ3) is 5.00. The number of alkyl halides is 3. The van der Waals surface area contributed by atoms with E-state index < -0.39 is 22.6 Å². The number of halogens is 3. The lowest BCUT2D eigenvalue weighted by molar-refractivity contribution is -0.384. The van der Waals surface area contributed by atoms with E-state index in [9.17, 15) is 28.1 Å². The summed E-state index contributed by atoms with van der Waals surface area (Å²) < 4.78 is 40.1. The molecule has 0 aliphatic carbocycles. The summed E-state index contributed by atoms with van der Waals surface area (Å²) >= 11 is 0. The van der Waals surface area contributed by atoms with Gasteiger partial charge in [-0.1, -0.05) is 18.2 Å². The summed E-state index contributed by atoms with van der Waals surface area (Å²) in [5.41, 5.74) is 0.213. The van der Waals surface area contributed by atoms with Gasteiger partial charge in [-0.25, -0.2) is 4.68 Å². The van der Waals surface area contributed by atoms with Crippen molar-refractivity contribution in [2.24, 2.45) is 0 Å². The van der Waals surface area contributed by atoms with Crippen molar-refractivity contribution in [1.82, 2.24) is 15.1 Å². The summed E-state index contributed by atoms with van der Waals surface area (Å²) in [4.78, 5) is 22.9. The number of para-hydroxylation sites is 2. The topological polar surface area (TPSA) is 102 Å². The fraction of sp³-hybridized carbons (Fsp3) is 0.200. The average Bonchev–Trinajstić information content (AvgIpc) is 3.12. The van der Waals surface area contributed by atoms with Gasteiger partial charge in [0.15, 0.2) is 0 Å². The highest BCUT2D eigenvalue weighted by Crippen LogP contribution is 2.30. The lowest BCUT2D eigenvalue weighted by atomic mass is 10.2. The summed E-state index contributed by atoms with van der Waals surface area (Å²) in [6.07, 6.45) is -3.21. The van der Waals surface area contributed by atoms with E-state index in [0.29, 0.717) is 11.4 Å². The molecule has 2 N–H and O–H groups in total. The van der Waals surface area contributed by atoms with Gasteiger partial charge >= 0.3 is 6.18 Å². The molecule has 2 aromatic carbocycles. The minimum atomic E-state index is -4.49. The molecule has 3 aromatic rings. The first kappa shape index (κ1) is 21.8. The second kappa shape index (κ2) is 8.86. The highest BCUT2D eigenvalue weighted by molar-refractivity contribution is 5.95. The number of nitrogens with zero attached hydrogens (tertiary/aromatic N) is 3. The number of amides is 1. The number of hydrogen-bond acceptors (Lipinski definition) is 5. The number of carbonyl (C=O) groups is 1. The third-order valence-corrected chi connectivity index (χ3v) is 4.50. The number of nitro benzene ring substituents is 1. The molecule has 1 heterocycles. The Morgan fingerprint density at radius 3 is 2.61 bits per heavy atom. The summed E-state index contributed by atoms with van der Waals surface area (Å²) in [6.45, 7) is 1.98. The van der Waals surface area contributed by atoms with Crippen molar-refractivity contribution in [3.8, 4) is 5.69 Å². The number of rotatable bonds is 7. The van der Waals surface area contributed by atoms with E-state index >= 15 is 0 Å². The van der Waals surface area contributed by atoms with Crippen LogP contribution >= 0.6 is 0 Å². The van der Waals surface area contributed by atoms with Gasteiger partial charge in [0.2, 0.25) is 0 Å². The molecule has 0 unspecified atom stereocenters. The Labute approximate surface area is 174 Å². The Morgan fingerprint density at radius 2 is 1.90 bits per heavy atom. The van der Waals surface area contributed by atoms with E-state index in [-0.39, 0.29) is 30.0 Å². The minimum absolute atomic E-state index is 0.0768. The van der Waals surface area contributed by atoms with Crippen molar-refractivity contribution in [3.63, 3.8) is 0 Å². The molecule has 0 saturated carbocycles. The van der Waals surface area contributed by atoms with E-state index in [2.05, 4.69) is 15.7 Å². The zero-order valence-electron chi connectivity index (χ0n) is 16.3. The largest absolute Gasteiger partial charge is 0.416 e. The first-order valence-electron chi connectivity index (χ1n) is 9.16. The van der Waals surface area contributed by atoms with Crippen LogP contribution in [0.15, 0.2) is 54.7 Å². The molecule has 0 atom stereocenters. The number of carbonyl (C=O) groups excluding carboxylic acids is 1. The molecular formula is C20H18F3N5O3. The van der Waals surface area contributed by atoms with Crippen LogP contribution in [0.1, 0.15) is 21.6 Å². The summed E-state index contributed by atoms with van der Waals surface area (Å²) in [5.74, 6) is -0.458. The predicted molar refractivity (Wildman–Crippen MR) is 107 cm³/mol. The number of nitro groups is 1. The first-order valence-corrected chi connectivity index (χ1v) is 9.16. The molecule has 11 heteroatoms. The van der Waals surface area contributed by atoms with Crippen LogP contribution in [-0.2, 0) is 6.18 Å². The number of anilines is 1. The van der Waals surface area contributed by atoms with Crippen LogP contribution in [0.3, 0.4) is 0 Å². The lowest BCUT2D eigenvalue weighted by Gasteiger charge is -2.10. The van der Waals surface area contributed by atoms with Crippen LogP contribution in [0.5, 0.6) is 0 Å². The molecule has 0 saturated heterocycles. The monoisotopic (exact) mass is 433 g/mol. The fourth-order valence-electron chi connectivity index (χ4n) is 2.96. The predicted octanol–water partition coefficient (Wildman–Crippen LogP) is 3.95. The summed E-state index contributed by atoms with van der Waals surface area (Å²) in [5, 5.41) is 20.6. The van der Waals surface area contributed by atoms with Gasteiger partial charge in [-0.2, -0.15) is 18.3 Å². The highest BCUT2D eigenvalue weighted by atomic mass is 19.4. The molecule has 8 nitrogen and oxygen atoms in total. The zero-order valence-corrected chi connectivity index (χ0v) is 16.3. The van der Waals surface area contributed by atoms with Crippen LogP contribution < -0.4 is 10.6 Å². The molecule has 0 fully saturated rings. The van der Waals surface area contributed by atoms with Crippen molar-refractivity contribution in [2.75, 3.05) is 18.4 Å². The van der Waals surface area contributed by atoms with Gasteiger partial charge < -0.3 is 10.6 Å². The van der Waals surface area contributed by atoms with Crippen LogP contribution in [0.4, 0.5) is 24.5 Å². The van der Waals surface area contributed by atoms with Gasteiger partial charge in [-0.3, -0.25) is 14.9 Å². The molecule has 0 spiro atoms. The van der Waals surface area contributed by atoms with Gasteiger partial charge in [-0.15, -0.1) is 0 Å². The SMILES string of the molecule is Cc1c(C(=O)NCCNc2ccccc2[N+](=O)[O-])cnn1-c1cccc(C(F)(F)F)c1. The standard InChI is InChI=1S/C20H18F3N5O3/c1-13-16(12-26-27(13)15-6-4-5-14(11-15)20(21,22)23)19(29)25-10-9-24-17-7-2-3-8-18(17)28(30)31/h2-8,11-12,24H,9-10H2,1H3,(H,25,29). The number of benzene rings is 2. The first-order chi connectivity index (χ1) is 14.7. The van der Waals surface area contributed by atoms with Gasteiger partial charge in [0.1, 0.15) is 5.69 Å². The van der Waals surface area contributed by atoms with E-state index in [1.807, 2.05) is 0 Å². The number of nitrogens with one attached hydrogen (secondary N) is 2. The smallest absolute Gasteiger partial charge is 0.378 e. The van der Waals surface area contributed by atoms with Gasteiger partial charge in [0.25, 0.3) is 11.6 Å². The van der Waals surface area contributed by atoms with Crippen molar-refractivity contribution in [3.05, 3.63) is 81.7 Å². The van der Waals surface area contributed by atoms with E-state index in [4.69, 9.17) is 0 Å². The number of aromatic nitrogens is 2. The normalized spacial score (nSPS) is 11.2. The Kier molecular flexibility index (Phi) is 6.23. The fourth-order valence-corrected chi connectivity index (χ4v) is 2.96. The molecule has 162 valence electrons. The number of hydrogen-bond donors (Lipinski definition) is 2. The van der Waals surface area contributed by atoms with Crippen LogP contribution in [-0.4, -0.2) is 33.7 Å². The van der Waals surface area contributed by atoms with Crippen LogP contribution in [0.25, 0.3) is 5.69 Å². The van der Waals surface area contributed by atoms with E-state index in [1.165, 1.54) is 29.1 Å². The molecule has 0 radical (unpaired) electrons. The van der Waals surface area contributed by atoms with Gasteiger partial charge in [-0.05, 0) is 31.2 Å². The lowest BCUT2D eigenvalue weighted by Crippen LogP contribution is -2.29. The molecule has 1 aromatic heterocycles. The van der Waals surface area contributed by atoms with Crippen molar-refractivity contribution < 1.29 is 22.9 Å². The minimum Gasteiger partial charge on any atom is -0.378 e. The molecule has 3 rings (SSSR count). The maximum Gasteiger partial charge on any atom is 0.416 e. The summed E-state index contributed by atoms with van der Waals surface area (Å²) in [6, 6.07) is 10.8. The van der Waals surface area contributed by atoms with E-state index in [0.717, 1.165) is 12.1 Å². The van der Waals surface area contributed by atoms with Crippen LogP contribution in [0.2, 0.25) is 0 Å². The van der Waals surface area contributed by atoms with Crippen molar-refractivity contribution >= 4 is 17.3 Å². The van der Waals surface area contributed by atoms with Crippen molar-refractivity contribution in [2.45, 2.75) is 13.1 Å². The quantitative estimate of drug-likeness (QED) is 0.334. The van der Waals surface area contributed by atoms with Crippen molar-refractivity contribution in [1.29, 1.82) is 0 Å². The second-order valence-corrected chi connectivity index (χ2v) is 6.56. The second-order valence-electron chi connectivity index (χ2n) is 6.56. The molecule has 0 bridgehead atoms. The maximum atomic E-state index is 12.9. The van der Waals surface area contributed by atoms with Crippen LogP contribution in [0, 0.1) is 17.0 Å². The molecule has 31 heavy (non-hydrogen) atoms. The Hall–Kier alpha value is -3.89. The molecular weight excluding hydrogens is 415 g/mol. The summed E-state index contributed by atoms with van der Waals surface area (Å²) in [7, 11) is 0. The maximum absolute atomic E-state index is 12.9. The van der Waals surface area contributed by atoms with E-state index in [1.54, 1.807) is 25.1 Å². The Morgan fingerprint density at radius 1 is 1.16 bits per heavy atom. The highest BCUT2D eigenvalue weighted by Gasteiger charge is 2.30. The molecule has 0 aliphatic rings.